The van der Waals surface area contributed by atoms with Gasteiger partial charge in [0.15, 0.2) is 6.61 Å². The number of carbonyl (C=O) groups excluding carboxylic acids is 4. The Labute approximate surface area is 255 Å². The third-order valence-corrected chi connectivity index (χ3v) is 9.40. The van der Waals surface area contributed by atoms with Crippen LogP contribution in [0.5, 0.6) is 5.75 Å². The standard InChI is InChI=1S/C30H41N5O9/c36-25-13-23-27(38)28(39)24(44-23)14-31-29(40)22-16-33(8-9-34(22)26(37)17-43-20-4-2-1-3-5-20)30(41)21-12-18(32-25)15-35(21)19-6-10-42-11-7-19/h1-5,18-19,21-24,27-28,38-39H,6-17H2,(H,31,40)(H,32,36)/t18-,21-,22-,23-,24+,27-,28+/m0/s1. The highest BCUT2D eigenvalue weighted by molar-refractivity contribution is 5.90. The Bertz CT molecular complexity index is 1210. The summed E-state index contributed by atoms with van der Waals surface area (Å²) in [5.74, 6) is -0.864. The van der Waals surface area contributed by atoms with Crippen LogP contribution >= 0.6 is 0 Å². The van der Waals surface area contributed by atoms with Gasteiger partial charge in [-0.2, -0.15) is 0 Å². The van der Waals surface area contributed by atoms with E-state index in [1.165, 1.54) is 4.90 Å². The summed E-state index contributed by atoms with van der Waals surface area (Å²) in [5.41, 5.74) is 0. The van der Waals surface area contributed by atoms with Gasteiger partial charge in [-0.3, -0.25) is 24.1 Å². The molecule has 44 heavy (non-hydrogen) atoms. The number of hydrogen-bond acceptors (Lipinski definition) is 10. The van der Waals surface area contributed by atoms with Crippen molar-refractivity contribution < 1.29 is 43.6 Å². The number of hydrogen-bond donors (Lipinski definition) is 4. The molecule has 5 fully saturated rings. The molecule has 0 aliphatic carbocycles. The minimum absolute atomic E-state index is 0.0176. The molecule has 1 aromatic carbocycles. The lowest BCUT2D eigenvalue weighted by Gasteiger charge is -2.43. The molecule has 4 amide bonds. The Morgan fingerprint density at radius 3 is 2.50 bits per heavy atom. The zero-order valence-electron chi connectivity index (χ0n) is 24.6. The van der Waals surface area contributed by atoms with Crippen molar-refractivity contribution in [2.45, 2.75) is 74.3 Å². The molecule has 0 saturated carbocycles. The van der Waals surface area contributed by atoms with Crippen molar-refractivity contribution in [2.24, 2.45) is 0 Å². The molecule has 14 heteroatoms. The summed E-state index contributed by atoms with van der Waals surface area (Å²) < 4.78 is 17.0. The summed E-state index contributed by atoms with van der Waals surface area (Å²) >= 11 is 0. The lowest BCUT2D eigenvalue weighted by molar-refractivity contribution is -0.152. The second-order valence-electron chi connectivity index (χ2n) is 12.2. The van der Waals surface area contributed by atoms with Gasteiger partial charge in [0.25, 0.3) is 5.91 Å². The maximum absolute atomic E-state index is 14.1. The molecule has 6 bridgehead atoms. The lowest BCUT2D eigenvalue weighted by Crippen LogP contribution is -2.64. The second-order valence-corrected chi connectivity index (χ2v) is 12.2. The molecule has 1 aromatic rings. The highest BCUT2D eigenvalue weighted by Crippen LogP contribution is 2.29. The molecule has 5 aliphatic heterocycles. The highest BCUT2D eigenvalue weighted by Gasteiger charge is 2.48. The fraction of sp³-hybridized carbons (Fsp3) is 0.667. The summed E-state index contributed by atoms with van der Waals surface area (Å²) in [6, 6.07) is 7.19. The van der Waals surface area contributed by atoms with Crippen molar-refractivity contribution in [1.82, 2.24) is 25.3 Å². The van der Waals surface area contributed by atoms with Gasteiger partial charge in [0.1, 0.15) is 30.1 Å². The van der Waals surface area contributed by atoms with Crippen molar-refractivity contribution in [3.05, 3.63) is 30.3 Å². The molecule has 14 nitrogen and oxygen atoms in total. The second kappa shape index (κ2) is 13.4. The number of carbonyl (C=O) groups is 4. The predicted molar refractivity (Wildman–Crippen MR) is 153 cm³/mol. The number of nitrogens with zero attached hydrogens (tertiary/aromatic N) is 3. The zero-order valence-corrected chi connectivity index (χ0v) is 24.6. The fourth-order valence-corrected chi connectivity index (χ4v) is 7.04. The van der Waals surface area contributed by atoms with Gasteiger partial charge in [-0.05, 0) is 31.4 Å². The van der Waals surface area contributed by atoms with E-state index in [1.807, 2.05) is 6.07 Å². The van der Waals surface area contributed by atoms with Gasteiger partial charge in [-0.25, -0.2) is 0 Å². The van der Waals surface area contributed by atoms with Crippen molar-refractivity contribution in [3.8, 4) is 5.75 Å². The minimum Gasteiger partial charge on any atom is -0.484 e. The van der Waals surface area contributed by atoms with E-state index in [-0.39, 0.29) is 63.1 Å². The number of benzene rings is 1. The Morgan fingerprint density at radius 1 is 0.977 bits per heavy atom. The predicted octanol–water partition coefficient (Wildman–Crippen LogP) is -2.15. The average molecular weight is 616 g/mol. The molecule has 0 radical (unpaired) electrons. The molecule has 5 heterocycles. The first-order chi connectivity index (χ1) is 21.3. The summed E-state index contributed by atoms with van der Waals surface area (Å²) in [5, 5.41) is 27.0. The van der Waals surface area contributed by atoms with E-state index in [2.05, 4.69) is 15.5 Å². The average Bonchev–Trinajstić information content (AvgIpc) is 3.58. The van der Waals surface area contributed by atoms with Crippen molar-refractivity contribution >= 4 is 23.6 Å². The van der Waals surface area contributed by atoms with E-state index >= 15 is 0 Å². The van der Waals surface area contributed by atoms with E-state index in [9.17, 15) is 29.4 Å². The topological polar surface area (TPSA) is 170 Å². The van der Waals surface area contributed by atoms with Crippen LogP contribution in [0.15, 0.2) is 30.3 Å². The third-order valence-electron chi connectivity index (χ3n) is 9.40. The first kappa shape index (κ1) is 30.7. The number of nitrogens with one attached hydrogen (secondary N) is 2. The van der Waals surface area contributed by atoms with Crippen LogP contribution in [-0.2, 0) is 28.7 Å². The summed E-state index contributed by atoms with van der Waals surface area (Å²) in [4.78, 5) is 59.3. The molecule has 4 N–H and O–H groups in total. The van der Waals surface area contributed by atoms with Gasteiger partial charge in [-0.15, -0.1) is 0 Å². The molecule has 0 unspecified atom stereocenters. The lowest BCUT2D eigenvalue weighted by atomic mass is 10.0. The van der Waals surface area contributed by atoms with E-state index in [0.29, 0.717) is 31.9 Å². The SMILES string of the molecule is O=C1C[C@@H]2O[C@H](CNC(=O)[C@@H]3CN(CCN3C(=O)COc3ccccc3)C(=O)[C@@H]3C[C@@H](CN3C3CCOCC3)N1)[C@@H](O)[C@H]2O. The van der Waals surface area contributed by atoms with Crippen LogP contribution in [0.3, 0.4) is 0 Å². The number of aliphatic hydroxyl groups is 2. The first-order valence-corrected chi connectivity index (χ1v) is 15.5. The van der Waals surface area contributed by atoms with Gasteiger partial charge in [-0.1, -0.05) is 18.2 Å². The van der Waals surface area contributed by atoms with E-state index in [0.717, 1.165) is 12.8 Å². The normalized spacial score (nSPS) is 34.0. The molecule has 7 atom stereocenters. The van der Waals surface area contributed by atoms with E-state index in [4.69, 9.17) is 14.2 Å². The van der Waals surface area contributed by atoms with Crippen LogP contribution < -0.4 is 15.4 Å². The molecule has 5 saturated heterocycles. The molecule has 6 rings (SSSR count). The van der Waals surface area contributed by atoms with E-state index < -0.39 is 48.3 Å². The smallest absolute Gasteiger partial charge is 0.261 e. The third kappa shape index (κ3) is 6.54. The summed E-state index contributed by atoms with van der Waals surface area (Å²) in [7, 11) is 0. The number of para-hydroxylation sites is 1. The molecular formula is C30H41N5O9. The van der Waals surface area contributed by atoms with Gasteiger partial charge < -0.3 is 44.9 Å². The number of aliphatic hydroxyl groups excluding tert-OH is 2. The van der Waals surface area contributed by atoms with Crippen LogP contribution in [0.4, 0.5) is 0 Å². The van der Waals surface area contributed by atoms with Crippen LogP contribution in [-0.4, -0.2) is 150 Å². The molecule has 0 spiro atoms. The Morgan fingerprint density at radius 2 is 1.73 bits per heavy atom. The Balaban J connectivity index is 1.25. The van der Waals surface area contributed by atoms with Gasteiger partial charge in [0.05, 0.1) is 25.1 Å². The van der Waals surface area contributed by atoms with Crippen molar-refractivity contribution in [1.29, 1.82) is 0 Å². The largest absolute Gasteiger partial charge is 0.484 e. The quantitative estimate of drug-likeness (QED) is 0.293. The van der Waals surface area contributed by atoms with Crippen molar-refractivity contribution in [2.75, 3.05) is 52.5 Å². The number of rotatable bonds is 4. The maximum atomic E-state index is 14.1. The Kier molecular flexibility index (Phi) is 9.33. The van der Waals surface area contributed by atoms with Gasteiger partial charge in [0, 0.05) is 51.5 Å². The maximum Gasteiger partial charge on any atom is 0.261 e. The molecule has 0 aromatic heterocycles. The summed E-state index contributed by atoms with van der Waals surface area (Å²) in [6.45, 7) is 1.59. The van der Waals surface area contributed by atoms with Crippen LogP contribution in [0.2, 0.25) is 0 Å². The van der Waals surface area contributed by atoms with Crippen LogP contribution in [0, 0.1) is 0 Å². The number of piperazine rings is 1. The van der Waals surface area contributed by atoms with Gasteiger partial charge in [0.2, 0.25) is 17.7 Å². The van der Waals surface area contributed by atoms with Crippen LogP contribution in [0.25, 0.3) is 0 Å². The first-order valence-electron chi connectivity index (χ1n) is 15.5. The van der Waals surface area contributed by atoms with Crippen LogP contribution in [0.1, 0.15) is 25.7 Å². The van der Waals surface area contributed by atoms with Crippen molar-refractivity contribution in [3.63, 3.8) is 0 Å². The number of likely N-dealkylation sites (tertiary alicyclic amines) is 1. The number of fused-ring (bicyclic) bond motifs is 6. The highest BCUT2D eigenvalue weighted by atomic mass is 16.5. The fourth-order valence-electron chi connectivity index (χ4n) is 7.04. The summed E-state index contributed by atoms with van der Waals surface area (Å²) in [6.07, 6.45) is -2.79. The minimum atomic E-state index is -1.31. The zero-order chi connectivity index (χ0) is 30.8. The number of ether oxygens (including phenoxy) is 3. The number of amides is 4. The van der Waals surface area contributed by atoms with Gasteiger partial charge >= 0.3 is 0 Å². The monoisotopic (exact) mass is 615 g/mol. The molecule has 5 aliphatic rings. The molecule has 240 valence electrons. The Hall–Kier alpha value is -3.30. The molecular weight excluding hydrogens is 574 g/mol. The van der Waals surface area contributed by atoms with E-state index in [1.54, 1.807) is 29.2 Å².